The number of aromatic amines is 1. The summed E-state index contributed by atoms with van der Waals surface area (Å²) in [5, 5.41) is 7.74. The first kappa shape index (κ1) is 24.3. The maximum absolute atomic E-state index is 13.3. The number of hydrogen-bond donors (Lipinski definition) is 3. The molecule has 3 N–H and O–H groups in total. The zero-order valence-corrected chi connectivity index (χ0v) is 21.0. The van der Waals surface area contributed by atoms with Crippen LogP contribution in [0, 0.1) is 11.7 Å². The summed E-state index contributed by atoms with van der Waals surface area (Å²) in [7, 11) is 1.77. The molecule has 4 rings (SSSR count). The number of halogens is 2. The van der Waals surface area contributed by atoms with Crippen LogP contribution in [0.3, 0.4) is 0 Å². The van der Waals surface area contributed by atoms with Crippen molar-refractivity contribution in [3.8, 4) is 0 Å². The minimum atomic E-state index is -0.225. The second-order valence-corrected chi connectivity index (χ2v) is 8.30. The third kappa shape index (κ3) is 6.11. The van der Waals surface area contributed by atoms with Crippen LogP contribution in [0.25, 0.3) is 10.9 Å². The van der Waals surface area contributed by atoms with E-state index in [1.807, 2.05) is 18.5 Å². The second kappa shape index (κ2) is 11.5. The molecule has 0 aliphatic carbocycles. The average Bonchev–Trinajstić information content (AvgIpc) is 3.19. The smallest absolute Gasteiger partial charge is 0.191 e. The van der Waals surface area contributed by atoms with Crippen molar-refractivity contribution in [2.75, 3.05) is 31.6 Å². The maximum Gasteiger partial charge on any atom is 0.191 e. The van der Waals surface area contributed by atoms with Gasteiger partial charge in [0.1, 0.15) is 11.6 Å². The van der Waals surface area contributed by atoms with Gasteiger partial charge in [-0.25, -0.2) is 9.37 Å². The molecule has 8 heteroatoms. The van der Waals surface area contributed by atoms with Gasteiger partial charge in [0.05, 0.1) is 0 Å². The molecule has 0 saturated carbocycles. The molecular formula is C24H32FIN6. The molecule has 0 amide bonds. The molecule has 3 heterocycles. The largest absolute Gasteiger partial charge is 0.361 e. The van der Waals surface area contributed by atoms with Gasteiger partial charge in [0.2, 0.25) is 0 Å². The van der Waals surface area contributed by atoms with Crippen molar-refractivity contribution in [2.24, 2.45) is 10.9 Å². The molecule has 0 unspecified atom stereocenters. The molecule has 6 nitrogen and oxygen atoms in total. The summed E-state index contributed by atoms with van der Waals surface area (Å²) >= 11 is 0. The molecule has 1 aromatic carbocycles. The van der Waals surface area contributed by atoms with E-state index in [0.717, 1.165) is 65.8 Å². The number of fused-ring (bicyclic) bond motifs is 1. The minimum absolute atomic E-state index is 0. The van der Waals surface area contributed by atoms with Crippen molar-refractivity contribution in [3.63, 3.8) is 0 Å². The van der Waals surface area contributed by atoms with E-state index in [0.29, 0.717) is 6.54 Å². The number of guanidine groups is 1. The molecule has 172 valence electrons. The van der Waals surface area contributed by atoms with E-state index < -0.39 is 0 Å². The van der Waals surface area contributed by atoms with Crippen LogP contribution >= 0.6 is 24.0 Å². The first-order valence-electron chi connectivity index (χ1n) is 11.0. The molecule has 2 aromatic heterocycles. The van der Waals surface area contributed by atoms with Gasteiger partial charge < -0.3 is 20.5 Å². The lowest BCUT2D eigenvalue weighted by Gasteiger charge is -2.31. The number of benzene rings is 1. The first-order chi connectivity index (χ1) is 15.1. The molecule has 0 atom stereocenters. The van der Waals surface area contributed by atoms with Crippen molar-refractivity contribution in [2.45, 2.75) is 32.7 Å². The lowest BCUT2D eigenvalue weighted by molar-refractivity contribution is 0.436. The third-order valence-corrected chi connectivity index (χ3v) is 6.02. The van der Waals surface area contributed by atoms with E-state index >= 15 is 0 Å². The van der Waals surface area contributed by atoms with Crippen molar-refractivity contribution in [1.29, 1.82) is 0 Å². The van der Waals surface area contributed by atoms with Crippen molar-refractivity contribution in [3.05, 3.63) is 59.7 Å². The summed E-state index contributed by atoms with van der Waals surface area (Å²) in [6, 6.07) is 9.09. The van der Waals surface area contributed by atoms with E-state index in [2.05, 4.69) is 49.6 Å². The summed E-state index contributed by atoms with van der Waals surface area (Å²) in [4.78, 5) is 14.5. The van der Waals surface area contributed by atoms with Gasteiger partial charge in [0.25, 0.3) is 0 Å². The van der Waals surface area contributed by atoms with Crippen molar-refractivity contribution in [1.82, 2.24) is 20.6 Å². The fourth-order valence-corrected chi connectivity index (χ4v) is 4.03. The standard InChI is InChI=1S/C24H31FN6.HI/c1-17-8-11-31(12-9-17)23-6-3-18(14-29-23)15-30-24(26-2)27-10-7-19-16-28-22-13-20(25)4-5-21(19)22;/h3-6,13-14,16-17,28H,7-12,15H2,1-2H3,(H2,26,27,30);1H. The van der Waals surface area contributed by atoms with Crippen LogP contribution in [0.5, 0.6) is 0 Å². The normalized spacial score (nSPS) is 15.0. The number of piperidine rings is 1. The number of H-pyrrole nitrogens is 1. The number of pyridine rings is 1. The highest BCUT2D eigenvalue weighted by Gasteiger charge is 2.16. The molecule has 0 radical (unpaired) electrons. The highest BCUT2D eigenvalue weighted by Crippen LogP contribution is 2.21. The van der Waals surface area contributed by atoms with Gasteiger partial charge in [-0.15, -0.1) is 24.0 Å². The topological polar surface area (TPSA) is 68.3 Å². The maximum atomic E-state index is 13.3. The molecule has 1 fully saturated rings. The van der Waals surface area contributed by atoms with Gasteiger partial charge in [-0.05, 0) is 60.6 Å². The molecule has 1 aliphatic rings. The van der Waals surface area contributed by atoms with Crippen LogP contribution in [0.4, 0.5) is 10.2 Å². The van der Waals surface area contributed by atoms with Crippen LogP contribution in [0.1, 0.15) is 30.9 Å². The summed E-state index contributed by atoms with van der Waals surface area (Å²) in [5.41, 5.74) is 3.10. The fraction of sp³-hybridized carbons (Fsp3) is 0.417. The van der Waals surface area contributed by atoms with E-state index in [-0.39, 0.29) is 29.8 Å². The zero-order chi connectivity index (χ0) is 21.6. The Bertz CT molecular complexity index is 1020. The predicted molar refractivity (Wildman–Crippen MR) is 140 cm³/mol. The number of nitrogens with one attached hydrogen (secondary N) is 3. The van der Waals surface area contributed by atoms with Crippen LogP contribution < -0.4 is 15.5 Å². The van der Waals surface area contributed by atoms with Gasteiger partial charge in [0, 0.05) is 56.5 Å². The predicted octanol–water partition coefficient (Wildman–Crippen LogP) is 4.46. The quantitative estimate of drug-likeness (QED) is 0.241. The Morgan fingerprint density at radius 2 is 2.03 bits per heavy atom. The van der Waals surface area contributed by atoms with E-state index in [1.165, 1.54) is 25.0 Å². The molecular weight excluding hydrogens is 518 g/mol. The van der Waals surface area contributed by atoms with Crippen molar-refractivity contribution < 1.29 is 4.39 Å². The van der Waals surface area contributed by atoms with Crippen LogP contribution in [0.15, 0.2) is 47.7 Å². The Balaban J connectivity index is 0.00000289. The minimum Gasteiger partial charge on any atom is -0.361 e. The van der Waals surface area contributed by atoms with Crippen LogP contribution in [0.2, 0.25) is 0 Å². The summed E-state index contributed by atoms with van der Waals surface area (Å²) in [6.45, 7) is 5.90. The number of hydrogen-bond acceptors (Lipinski definition) is 3. The molecule has 1 aliphatic heterocycles. The average molecular weight is 550 g/mol. The molecule has 32 heavy (non-hydrogen) atoms. The third-order valence-electron chi connectivity index (χ3n) is 6.02. The Morgan fingerprint density at radius 1 is 1.22 bits per heavy atom. The van der Waals surface area contributed by atoms with Crippen LogP contribution in [-0.2, 0) is 13.0 Å². The Hall–Kier alpha value is -2.36. The molecule has 0 spiro atoms. The van der Waals surface area contributed by atoms with Gasteiger partial charge in [-0.1, -0.05) is 13.0 Å². The second-order valence-electron chi connectivity index (χ2n) is 8.30. The number of rotatable bonds is 6. The van der Waals surface area contributed by atoms with Gasteiger partial charge in [-0.3, -0.25) is 4.99 Å². The van der Waals surface area contributed by atoms with E-state index in [4.69, 9.17) is 0 Å². The fourth-order valence-electron chi connectivity index (χ4n) is 4.03. The monoisotopic (exact) mass is 550 g/mol. The van der Waals surface area contributed by atoms with E-state index in [9.17, 15) is 4.39 Å². The SMILES string of the molecule is CN=C(NCCc1c[nH]c2cc(F)ccc12)NCc1ccc(N2CCC(C)CC2)nc1.I. The van der Waals surface area contributed by atoms with Gasteiger partial charge in [0.15, 0.2) is 5.96 Å². The lowest BCUT2D eigenvalue weighted by atomic mass is 9.99. The number of nitrogens with zero attached hydrogens (tertiary/aromatic N) is 3. The van der Waals surface area contributed by atoms with Crippen LogP contribution in [-0.4, -0.2) is 42.6 Å². The van der Waals surface area contributed by atoms with Gasteiger partial charge >= 0.3 is 0 Å². The Kier molecular flexibility index (Phi) is 8.72. The molecule has 0 bridgehead atoms. The summed E-state index contributed by atoms with van der Waals surface area (Å²) in [5.74, 6) is 2.41. The summed E-state index contributed by atoms with van der Waals surface area (Å²) in [6.07, 6.45) is 7.18. The molecule has 1 saturated heterocycles. The summed E-state index contributed by atoms with van der Waals surface area (Å²) < 4.78 is 13.3. The highest BCUT2D eigenvalue weighted by molar-refractivity contribution is 14.0. The van der Waals surface area contributed by atoms with E-state index in [1.54, 1.807) is 7.05 Å². The highest BCUT2D eigenvalue weighted by atomic mass is 127. The Morgan fingerprint density at radius 3 is 2.75 bits per heavy atom. The number of aromatic nitrogens is 2. The first-order valence-corrected chi connectivity index (χ1v) is 11.0. The zero-order valence-electron chi connectivity index (χ0n) is 18.7. The Labute approximate surface area is 206 Å². The number of aliphatic imine (C=N–C) groups is 1. The lowest BCUT2D eigenvalue weighted by Crippen LogP contribution is -2.38. The van der Waals surface area contributed by atoms with Gasteiger partial charge in [-0.2, -0.15) is 0 Å². The number of anilines is 1. The van der Waals surface area contributed by atoms with Crippen molar-refractivity contribution >= 4 is 46.7 Å². The molecule has 3 aromatic rings.